The van der Waals surface area contributed by atoms with Gasteiger partial charge in [-0.15, -0.1) is 0 Å². The molecule has 0 aliphatic carbocycles. The third kappa shape index (κ3) is 9.58. The van der Waals surface area contributed by atoms with E-state index in [4.69, 9.17) is 4.74 Å². The van der Waals surface area contributed by atoms with Crippen LogP contribution >= 0.6 is 0 Å². The van der Waals surface area contributed by atoms with Crippen LogP contribution in [0.1, 0.15) is 90.4 Å². The number of amides is 2. The van der Waals surface area contributed by atoms with E-state index in [1.165, 1.54) is 51.4 Å². The lowest BCUT2D eigenvalue weighted by Gasteiger charge is -2.37. The fourth-order valence-electron chi connectivity index (χ4n) is 4.48. The lowest BCUT2D eigenvalue weighted by atomic mass is 9.95. The van der Waals surface area contributed by atoms with E-state index in [2.05, 4.69) is 17.6 Å². The molecule has 7 heteroatoms. The Morgan fingerprint density at radius 2 is 1.55 bits per heavy atom. The summed E-state index contributed by atoms with van der Waals surface area (Å²) in [4.78, 5) is 39.2. The summed E-state index contributed by atoms with van der Waals surface area (Å²) >= 11 is 0. The molecule has 1 unspecified atom stereocenters. The van der Waals surface area contributed by atoms with Crippen molar-refractivity contribution >= 4 is 17.8 Å². The second-order valence-corrected chi connectivity index (χ2v) is 8.97. The summed E-state index contributed by atoms with van der Waals surface area (Å²) in [5, 5.41) is 6.04. The number of nitrogens with one attached hydrogen (secondary N) is 2. The molecule has 0 aromatic rings. The van der Waals surface area contributed by atoms with E-state index in [0.717, 1.165) is 38.8 Å². The van der Waals surface area contributed by atoms with E-state index >= 15 is 0 Å². The molecule has 0 aromatic carbocycles. The molecule has 2 fully saturated rings. The van der Waals surface area contributed by atoms with Crippen LogP contribution in [-0.4, -0.2) is 61.5 Å². The van der Waals surface area contributed by atoms with Crippen LogP contribution in [0.4, 0.5) is 0 Å². The van der Waals surface area contributed by atoms with Gasteiger partial charge in [-0.25, -0.2) is 0 Å². The highest BCUT2D eigenvalue weighted by molar-refractivity contribution is 5.92. The average Bonchev–Trinajstić information content (AvgIpc) is 2.79. The van der Waals surface area contributed by atoms with Gasteiger partial charge in [0.15, 0.2) is 0 Å². The molecule has 2 amide bonds. The summed E-state index contributed by atoms with van der Waals surface area (Å²) in [7, 11) is 0. The fraction of sp³-hybridized carbons (Fsp3) is 0.875. The molecule has 0 spiro atoms. The summed E-state index contributed by atoms with van der Waals surface area (Å²) in [5.74, 6) is -0.688. The van der Waals surface area contributed by atoms with Gasteiger partial charge < -0.3 is 20.3 Å². The standard InChI is InChI=1S/C24H43N3O4/c1-2-3-4-5-6-7-8-9-10-11-18-31-22(28)19-21-23(29)26-16-17-27(21)24(30)20-12-14-25-15-13-20/h20-21,25H,2-19H2,1H3,(H,26,29). The molecule has 2 aliphatic rings. The monoisotopic (exact) mass is 437 g/mol. The maximum Gasteiger partial charge on any atom is 0.308 e. The van der Waals surface area contributed by atoms with Gasteiger partial charge >= 0.3 is 5.97 Å². The molecule has 2 aliphatic heterocycles. The van der Waals surface area contributed by atoms with Crippen molar-refractivity contribution in [3.8, 4) is 0 Å². The summed E-state index contributed by atoms with van der Waals surface area (Å²) in [5.41, 5.74) is 0. The molecule has 2 N–H and O–H groups in total. The minimum Gasteiger partial charge on any atom is -0.466 e. The Morgan fingerprint density at radius 1 is 0.935 bits per heavy atom. The molecule has 0 radical (unpaired) electrons. The van der Waals surface area contributed by atoms with Crippen LogP contribution in [0.15, 0.2) is 0 Å². The third-order valence-electron chi connectivity index (χ3n) is 6.42. The Labute approximate surface area is 188 Å². The normalized spacial score (nSPS) is 19.8. The van der Waals surface area contributed by atoms with E-state index < -0.39 is 6.04 Å². The Balaban J connectivity index is 1.61. The van der Waals surface area contributed by atoms with Crippen molar-refractivity contribution in [1.82, 2.24) is 15.5 Å². The molecule has 2 heterocycles. The van der Waals surface area contributed by atoms with Gasteiger partial charge in [-0.1, -0.05) is 64.7 Å². The SMILES string of the molecule is CCCCCCCCCCCCOC(=O)CC1C(=O)NCCN1C(=O)C1CCNCC1. The van der Waals surface area contributed by atoms with E-state index in [1.807, 2.05) is 0 Å². The molecule has 2 rings (SSSR count). The minimum absolute atomic E-state index is 0.00356. The first-order valence-electron chi connectivity index (χ1n) is 12.6. The Hall–Kier alpha value is -1.63. The zero-order valence-corrected chi connectivity index (χ0v) is 19.5. The van der Waals surface area contributed by atoms with Crippen LogP contribution in [-0.2, 0) is 19.1 Å². The second kappa shape index (κ2) is 15.2. The average molecular weight is 438 g/mol. The predicted molar refractivity (Wildman–Crippen MR) is 122 cm³/mol. The lowest BCUT2D eigenvalue weighted by Crippen LogP contribution is -2.59. The summed E-state index contributed by atoms with van der Waals surface area (Å²) in [6.45, 7) is 5.18. The topological polar surface area (TPSA) is 87.7 Å². The number of esters is 1. The zero-order chi connectivity index (χ0) is 22.3. The van der Waals surface area contributed by atoms with Crippen molar-refractivity contribution in [2.45, 2.75) is 96.4 Å². The maximum atomic E-state index is 12.9. The molecule has 0 saturated carbocycles. The molecular formula is C24H43N3O4. The number of nitrogens with zero attached hydrogens (tertiary/aromatic N) is 1. The van der Waals surface area contributed by atoms with Crippen LogP contribution in [0.2, 0.25) is 0 Å². The minimum atomic E-state index is -0.739. The van der Waals surface area contributed by atoms with Gasteiger partial charge in [-0.3, -0.25) is 14.4 Å². The van der Waals surface area contributed by atoms with Crippen LogP contribution in [0.5, 0.6) is 0 Å². The maximum absolute atomic E-state index is 12.9. The summed E-state index contributed by atoms with van der Waals surface area (Å²) in [6, 6.07) is -0.739. The predicted octanol–water partition coefficient (Wildman–Crippen LogP) is 3.17. The first-order chi connectivity index (χ1) is 15.1. The molecule has 0 bridgehead atoms. The summed E-state index contributed by atoms with van der Waals surface area (Å²) in [6.07, 6.45) is 13.8. The van der Waals surface area contributed by atoms with Crippen molar-refractivity contribution in [1.29, 1.82) is 0 Å². The highest BCUT2D eigenvalue weighted by atomic mass is 16.5. The second-order valence-electron chi connectivity index (χ2n) is 8.97. The number of carbonyl (C=O) groups is 3. The van der Waals surface area contributed by atoms with Crippen LogP contribution in [0.3, 0.4) is 0 Å². The molecular weight excluding hydrogens is 394 g/mol. The molecule has 31 heavy (non-hydrogen) atoms. The number of carbonyl (C=O) groups excluding carboxylic acids is 3. The van der Waals surface area contributed by atoms with Gasteiger partial charge in [0.05, 0.1) is 13.0 Å². The van der Waals surface area contributed by atoms with Crippen molar-refractivity contribution in [2.24, 2.45) is 5.92 Å². The number of rotatable bonds is 14. The largest absolute Gasteiger partial charge is 0.466 e. The number of hydrogen-bond donors (Lipinski definition) is 2. The Morgan fingerprint density at radius 3 is 2.19 bits per heavy atom. The number of unbranched alkanes of at least 4 members (excludes halogenated alkanes) is 9. The number of piperazine rings is 1. The highest BCUT2D eigenvalue weighted by Gasteiger charge is 2.37. The molecule has 1 atom stereocenters. The quantitative estimate of drug-likeness (QED) is 0.322. The summed E-state index contributed by atoms with van der Waals surface area (Å²) < 4.78 is 5.37. The number of piperidine rings is 1. The van der Waals surface area contributed by atoms with Gasteiger partial charge in [-0.05, 0) is 32.4 Å². The van der Waals surface area contributed by atoms with Gasteiger partial charge in [0.1, 0.15) is 6.04 Å². The first-order valence-corrected chi connectivity index (χ1v) is 12.6. The molecule has 7 nitrogen and oxygen atoms in total. The van der Waals surface area contributed by atoms with Gasteiger partial charge in [0, 0.05) is 19.0 Å². The first kappa shape index (κ1) is 25.6. The van der Waals surface area contributed by atoms with Crippen molar-refractivity contribution in [3.63, 3.8) is 0 Å². The van der Waals surface area contributed by atoms with Crippen LogP contribution in [0.25, 0.3) is 0 Å². The Bertz CT molecular complexity index is 549. The fourth-order valence-corrected chi connectivity index (χ4v) is 4.48. The van der Waals surface area contributed by atoms with Crippen molar-refractivity contribution in [3.05, 3.63) is 0 Å². The van der Waals surface area contributed by atoms with E-state index in [0.29, 0.717) is 19.7 Å². The van der Waals surface area contributed by atoms with Gasteiger partial charge in [0.25, 0.3) is 0 Å². The Kier molecular flexibility index (Phi) is 12.6. The van der Waals surface area contributed by atoms with Crippen LogP contribution < -0.4 is 10.6 Å². The zero-order valence-electron chi connectivity index (χ0n) is 19.5. The third-order valence-corrected chi connectivity index (χ3v) is 6.42. The van der Waals surface area contributed by atoms with E-state index in [1.54, 1.807) is 4.90 Å². The highest BCUT2D eigenvalue weighted by Crippen LogP contribution is 2.20. The number of ether oxygens (including phenoxy) is 1. The lowest BCUT2D eigenvalue weighted by molar-refractivity contribution is -0.153. The molecule has 178 valence electrons. The van der Waals surface area contributed by atoms with Crippen molar-refractivity contribution < 1.29 is 19.1 Å². The van der Waals surface area contributed by atoms with E-state index in [-0.39, 0.29) is 30.1 Å². The smallest absolute Gasteiger partial charge is 0.308 e. The molecule has 0 aromatic heterocycles. The van der Waals surface area contributed by atoms with Crippen LogP contribution in [0, 0.1) is 5.92 Å². The van der Waals surface area contributed by atoms with Crippen molar-refractivity contribution in [2.75, 3.05) is 32.8 Å². The van der Waals surface area contributed by atoms with Gasteiger partial charge in [-0.2, -0.15) is 0 Å². The molecule has 2 saturated heterocycles. The number of hydrogen-bond acceptors (Lipinski definition) is 5. The van der Waals surface area contributed by atoms with E-state index in [9.17, 15) is 14.4 Å². The van der Waals surface area contributed by atoms with Gasteiger partial charge in [0.2, 0.25) is 11.8 Å².